The Bertz CT molecular complexity index is 778. The summed E-state index contributed by atoms with van der Waals surface area (Å²) in [6, 6.07) is 10.1. The minimum atomic E-state index is 0.172. The summed E-state index contributed by atoms with van der Waals surface area (Å²) in [5.41, 5.74) is 1.05. The summed E-state index contributed by atoms with van der Waals surface area (Å²) < 4.78 is 6.43. The first-order valence-electron chi connectivity index (χ1n) is 9.24. The standard InChI is InChI=1S/C19H24BrN5O2S/c20-16-11-21-18(27-13-14-5-2-1-3-6-14)17(23-16)24-19(28)22-15-7-4-8-25(12-15)9-10-26/h1-3,5-6,11,15,26H,4,7-10,12-13H2,(H2,22,23,24,28)/t15-/m1/s1. The van der Waals surface area contributed by atoms with Crippen LogP contribution in [-0.2, 0) is 6.61 Å². The molecule has 1 saturated heterocycles. The van der Waals surface area contributed by atoms with Crippen molar-refractivity contribution in [2.24, 2.45) is 0 Å². The molecule has 28 heavy (non-hydrogen) atoms. The van der Waals surface area contributed by atoms with Crippen molar-refractivity contribution in [2.75, 3.05) is 31.6 Å². The Hall–Kier alpha value is -1.81. The van der Waals surface area contributed by atoms with Crippen LogP contribution in [0.2, 0.25) is 0 Å². The summed E-state index contributed by atoms with van der Waals surface area (Å²) in [5.74, 6) is 0.854. The van der Waals surface area contributed by atoms with E-state index < -0.39 is 0 Å². The van der Waals surface area contributed by atoms with Gasteiger partial charge in [-0.2, -0.15) is 0 Å². The summed E-state index contributed by atoms with van der Waals surface area (Å²) in [7, 11) is 0. The number of anilines is 1. The molecule has 2 aromatic rings. The lowest BCUT2D eigenvalue weighted by atomic mass is 10.1. The second-order valence-corrected chi connectivity index (χ2v) is 7.80. The van der Waals surface area contributed by atoms with E-state index in [9.17, 15) is 0 Å². The Labute approximate surface area is 178 Å². The average molecular weight is 466 g/mol. The van der Waals surface area contributed by atoms with Crippen molar-refractivity contribution in [3.05, 3.63) is 46.7 Å². The van der Waals surface area contributed by atoms with Crippen LogP contribution in [0.3, 0.4) is 0 Å². The number of piperidine rings is 1. The molecular formula is C19H24BrN5O2S. The Morgan fingerprint density at radius 2 is 2.18 bits per heavy atom. The Balaban J connectivity index is 1.59. The highest BCUT2D eigenvalue weighted by Crippen LogP contribution is 2.22. The van der Waals surface area contributed by atoms with Gasteiger partial charge in [0.25, 0.3) is 5.88 Å². The third-order valence-electron chi connectivity index (χ3n) is 4.42. The van der Waals surface area contributed by atoms with Crippen LogP contribution in [0.15, 0.2) is 41.1 Å². The molecule has 0 aliphatic carbocycles. The van der Waals surface area contributed by atoms with Gasteiger partial charge in [-0.25, -0.2) is 9.97 Å². The van der Waals surface area contributed by atoms with Gasteiger partial charge in [-0.3, -0.25) is 4.90 Å². The zero-order chi connectivity index (χ0) is 19.8. The number of likely N-dealkylation sites (tertiary alicyclic amines) is 1. The first kappa shape index (κ1) is 20.9. The molecule has 1 aromatic heterocycles. The van der Waals surface area contributed by atoms with Crippen LogP contribution in [0.4, 0.5) is 5.82 Å². The Morgan fingerprint density at radius 3 is 2.96 bits per heavy atom. The number of aromatic nitrogens is 2. The lowest BCUT2D eigenvalue weighted by molar-refractivity contribution is 0.157. The second-order valence-electron chi connectivity index (χ2n) is 6.58. The number of aliphatic hydroxyl groups is 1. The van der Waals surface area contributed by atoms with Crippen molar-refractivity contribution in [1.29, 1.82) is 0 Å². The van der Waals surface area contributed by atoms with E-state index in [-0.39, 0.29) is 12.6 Å². The monoisotopic (exact) mass is 465 g/mol. The molecule has 0 unspecified atom stereocenters. The van der Waals surface area contributed by atoms with Gasteiger partial charge in [0.2, 0.25) is 0 Å². The number of ether oxygens (including phenoxy) is 1. The van der Waals surface area contributed by atoms with Gasteiger partial charge in [0.15, 0.2) is 10.9 Å². The van der Waals surface area contributed by atoms with Crippen LogP contribution < -0.4 is 15.4 Å². The number of nitrogens with one attached hydrogen (secondary N) is 2. The van der Waals surface area contributed by atoms with E-state index in [1.54, 1.807) is 6.20 Å². The molecule has 0 spiro atoms. The quantitative estimate of drug-likeness (QED) is 0.538. The van der Waals surface area contributed by atoms with Crippen molar-refractivity contribution in [2.45, 2.75) is 25.5 Å². The molecule has 150 valence electrons. The lowest BCUT2D eigenvalue weighted by Gasteiger charge is -2.33. The third-order valence-corrected chi connectivity index (χ3v) is 5.02. The van der Waals surface area contributed by atoms with E-state index in [2.05, 4.69) is 41.4 Å². The van der Waals surface area contributed by atoms with Gasteiger partial charge >= 0.3 is 0 Å². The van der Waals surface area contributed by atoms with E-state index in [1.807, 2.05) is 30.3 Å². The van der Waals surface area contributed by atoms with Crippen LogP contribution in [-0.4, -0.2) is 57.4 Å². The van der Waals surface area contributed by atoms with Gasteiger partial charge in [-0.1, -0.05) is 30.3 Å². The molecule has 1 aromatic carbocycles. The summed E-state index contributed by atoms with van der Waals surface area (Å²) in [6.07, 6.45) is 3.70. The van der Waals surface area contributed by atoms with Crippen molar-refractivity contribution in [3.63, 3.8) is 0 Å². The lowest BCUT2D eigenvalue weighted by Crippen LogP contribution is -2.49. The van der Waals surface area contributed by atoms with Gasteiger partial charge in [0.05, 0.1) is 12.8 Å². The van der Waals surface area contributed by atoms with E-state index in [0.29, 0.717) is 34.6 Å². The number of hydrogen-bond donors (Lipinski definition) is 3. The first-order chi connectivity index (χ1) is 13.6. The number of benzene rings is 1. The highest BCUT2D eigenvalue weighted by atomic mass is 79.9. The van der Waals surface area contributed by atoms with E-state index in [1.165, 1.54) is 0 Å². The summed E-state index contributed by atoms with van der Waals surface area (Å²) in [6.45, 7) is 3.11. The number of thiocarbonyl (C=S) groups is 1. The van der Waals surface area contributed by atoms with Gasteiger partial charge in [0, 0.05) is 19.1 Å². The molecule has 3 rings (SSSR count). The molecule has 7 nitrogen and oxygen atoms in total. The van der Waals surface area contributed by atoms with Crippen molar-refractivity contribution in [1.82, 2.24) is 20.2 Å². The zero-order valence-electron chi connectivity index (χ0n) is 15.5. The summed E-state index contributed by atoms with van der Waals surface area (Å²) in [4.78, 5) is 11.0. The molecular weight excluding hydrogens is 442 g/mol. The van der Waals surface area contributed by atoms with Crippen molar-refractivity contribution in [3.8, 4) is 5.88 Å². The Kier molecular flexibility index (Phi) is 7.96. The van der Waals surface area contributed by atoms with Gasteiger partial charge in [0.1, 0.15) is 11.2 Å². The predicted octanol–water partition coefficient (Wildman–Crippen LogP) is 2.56. The SMILES string of the molecule is OCCN1CCC[C@@H](NC(=S)Nc2nc(Br)cnc2OCc2ccccc2)C1. The van der Waals surface area contributed by atoms with Gasteiger partial charge < -0.3 is 20.5 Å². The normalized spacial score (nSPS) is 17.1. The molecule has 1 aliphatic heterocycles. The fourth-order valence-corrected chi connectivity index (χ4v) is 3.66. The van der Waals surface area contributed by atoms with E-state index >= 15 is 0 Å². The van der Waals surface area contributed by atoms with Crippen molar-refractivity contribution >= 4 is 39.1 Å². The Morgan fingerprint density at radius 1 is 1.36 bits per heavy atom. The minimum Gasteiger partial charge on any atom is -0.470 e. The molecule has 1 fully saturated rings. The van der Waals surface area contributed by atoms with Crippen LogP contribution in [0.25, 0.3) is 0 Å². The van der Waals surface area contributed by atoms with Gasteiger partial charge in [-0.05, 0) is 53.1 Å². The maximum Gasteiger partial charge on any atom is 0.258 e. The molecule has 0 radical (unpaired) electrons. The maximum atomic E-state index is 9.14. The third kappa shape index (κ3) is 6.37. The van der Waals surface area contributed by atoms with Crippen LogP contribution in [0.5, 0.6) is 5.88 Å². The van der Waals surface area contributed by atoms with E-state index in [0.717, 1.165) is 31.5 Å². The minimum absolute atomic E-state index is 0.172. The van der Waals surface area contributed by atoms with E-state index in [4.69, 9.17) is 22.1 Å². The number of aliphatic hydroxyl groups excluding tert-OH is 1. The summed E-state index contributed by atoms with van der Waals surface area (Å²) in [5, 5.41) is 16.1. The molecule has 3 N–H and O–H groups in total. The predicted molar refractivity (Wildman–Crippen MR) is 116 cm³/mol. The fourth-order valence-electron chi connectivity index (χ4n) is 3.12. The summed E-state index contributed by atoms with van der Waals surface area (Å²) >= 11 is 8.81. The molecule has 1 aliphatic rings. The second kappa shape index (κ2) is 10.7. The fraction of sp³-hybridized carbons (Fsp3) is 0.421. The molecule has 1 atom stereocenters. The average Bonchev–Trinajstić information content (AvgIpc) is 2.69. The number of hydrogen-bond acceptors (Lipinski definition) is 6. The molecule has 9 heteroatoms. The highest BCUT2D eigenvalue weighted by molar-refractivity contribution is 9.10. The highest BCUT2D eigenvalue weighted by Gasteiger charge is 2.20. The van der Waals surface area contributed by atoms with Crippen LogP contribution >= 0.6 is 28.1 Å². The number of rotatable bonds is 7. The number of nitrogens with zero attached hydrogens (tertiary/aromatic N) is 3. The largest absolute Gasteiger partial charge is 0.470 e. The van der Waals surface area contributed by atoms with Crippen LogP contribution in [0, 0.1) is 0 Å². The number of β-amino-alcohol motifs (C(OH)–C–C–N with tert-alkyl or cyclic N) is 1. The van der Waals surface area contributed by atoms with Crippen molar-refractivity contribution < 1.29 is 9.84 Å². The first-order valence-corrected chi connectivity index (χ1v) is 10.4. The van der Waals surface area contributed by atoms with Crippen LogP contribution in [0.1, 0.15) is 18.4 Å². The zero-order valence-corrected chi connectivity index (χ0v) is 17.9. The molecule has 0 bridgehead atoms. The smallest absolute Gasteiger partial charge is 0.258 e. The topological polar surface area (TPSA) is 82.5 Å². The molecule has 2 heterocycles. The number of halogens is 1. The molecule has 0 amide bonds. The van der Waals surface area contributed by atoms with Gasteiger partial charge in [-0.15, -0.1) is 0 Å². The maximum absolute atomic E-state index is 9.14. The molecule has 0 saturated carbocycles.